The molecule has 5 heteroatoms. The van der Waals surface area contributed by atoms with E-state index >= 15 is 0 Å². The van der Waals surface area contributed by atoms with Crippen molar-refractivity contribution in [2.45, 2.75) is 32.4 Å². The first kappa shape index (κ1) is 11.1. The molecule has 18 heavy (non-hydrogen) atoms. The van der Waals surface area contributed by atoms with Crippen LogP contribution in [0.25, 0.3) is 0 Å². The fraction of sp³-hybridized carbons (Fsp3) is 0.385. The third-order valence-electron chi connectivity index (χ3n) is 3.17. The molecule has 0 saturated heterocycles. The van der Waals surface area contributed by atoms with Gasteiger partial charge >= 0.3 is 5.97 Å². The lowest BCUT2D eigenvalue weighted by Gasteiger charge is -2.13. The van der Waals surface area contributed by atoms with Gasteiger partial charge in [-0.1, -0.05) is 0 Å². The quantitative estimate of drug-likeness (QED) is 0.779. The molecule has 0 unspecified atom stereocenters. The first-order valence-electron chi connectivity index (χ1n) is 6.08. The fourth-order valence-electron chi connectivity index (χ4n) is 2.24. The SMILES string of the molecule is O=C(OCn1cnc2c1CCCC2)c1ccco1. The Morgan fingerprint density at radius 3 is 3.17 bits per heavy atom. The summed E-state index contributed by atoms with van der Waals surface area (Å²) in [6, 6.07) is 3.25. The molecular weight excluding hydrogens is 232 g/mol. The molecule has 0 bridgehead atoms. The largest absolute Gasteiger partial charge is 0.457 e. The highest BCUT2D eigenvalue weighted by molar-refractivity contribution is 5.86. The van der Waals surface area contributed by atoms with Gasteiger partial charge < -0.3 is 13.7 Å². The second kappa shape index (κ2) is 4.68. The minimum atomic E-state index is -0.446. The zero-order valence-corrected chi connectivity index (χ0v) is 9.96. The Balaban J connectivity index is 1.67. The third-order valence-corrected chi connectivity index (χ3v) is 3.17. The smallest absolute Gasteiger partial charge is 0.375 e. The summed E-state index contributed by atoms with van der Waals surface area (Å²) >= 11 is 0. The van der Waals surface area contributed by atoms with Crippen LogP contribution in [0.1, 0.15) is 34.8 Å². The van der Waals surface area contributed by atoms with Crippen LogP contribution in [-0.4, -0.2) is 15.5 Å². The molecule has 0 saturated carbocycles. The Hall–Kier alpha value is -2.04. The Bertz CT molecular complexity index is 543. The molecule has 1 aliphatic rings. The summed E-state index contributed by atoms with van der Waals surface area (Å²) in [7, 11) is 0. The molecule has 0 radical (unpaired) electrons. The number of carbonyl (C=O) groups is 1. The van der Waals surface area contributed by atoms with Crippen LogP contribution in [0.2, 0.25) is 0 Å². The lowest BCUT2D eigenvalue weighted by Crippen LogP contribution is -2.13. The van der Waals surface area contributed by atoms with Crippen molar-refractivity contribution in [2.75, 3.05) is 0 Å². The maximum absolute atomic E-state index is 11.6. The monoisotopic (exact) mass is 246 g/mol. The molecule has 2 aromatic heterocycles. The second-order valence-corrected chi connectivity index (χ2v) is 4.35. The van der Waals surface area contributed by atoms with E-state index in [-0.39, 0.29) is 12.5 Å². The molecule has 0 amide bonds. The minimum absolute atomic E-state index is 0.196. The zero-order chi connectivity index (χ0) is 12.4. The highest BCUT2D eigenvalue weighted by atomic mass is 16.6. The number of hydrogen-bond donors (Lipinski definition) is 0. The van der Waals surface area contributed by atoms with Crippen LogP contribution >= 0.6 is 0 Å². The van der Waals surface area contributed by atoms with Crippen LogP contribution in [0.5, 0.6) is 0 Å². The molecule has 5 nitrogen and oxygen atoms in total. The van der Waals surface area contributed by atoms with Gasteiger partial charge in [-0.05, 0) is 37.8 Å². The number of rotatable bonds is 3. The fourth-order valence-corrected chi connectivity index (χ4v) is 2.24. The molecule has 0 aromatic carbocycles. The molecule has 94 valence electrons. The molecule has 0 fully saturated rings. The molecule has 0 aliphatic heterocycles. The van der Waals surface area contributed by atoms with Crippen molar-refractivity contribution < 1.29 is 13.9 Å². The van der Waals surface area contributed by atoms with Crippen LogP contribution < -0.4 is 0 Å². The van der Waals surface area contributed by atoms with Gasteiger partial charge in [0.2, 0.25) is 5.76 Å². The van der Waals surface area contributed by atoms with Gasteiger partial charge in [-0.25, -0.2) is 9.78 Å². The van der Waals surface area contributed by atoms with E-state index in [0.717, 1.165) is 18.5 Å². The number of esters is 1. The third kappa shape index (κ3) is 2.03. The van der Waals surface area contributed by atoms with Crippen LogP contribution in [0.3, 0.4) is 0 Å². The number of ether oxygens (including phenoxy) is 1. The molecule has 3 rings (SSSR count). The first-order chi connectivity index (χ1) is 8.84. The van der Waals surface area contributed by atoms with Crippen molar-refractivity contribution in [1.29, 1.82) is 0 Å². The summed E-state index contributed by atoms with van der Waals surface area (Å²) in [5.74, 6) is -0.220. The summed E-state index contributed by atoms with van der Waals surface area (Å²) in [4.78, 5) is 16.0. The van der Waals surface area contributed by atoms with E-state index in [9.17, 15) is 4.79 Å². The van der Waals surface area contributed by atoms with Gasteiger partial charge in [0.15, 0.2) is 6.73 Å². The molecule has 0 atom stereocenters. The van der Waals surface area contributed by atoms with Gasteiger partial charge in [-0.15, -0.1) is 0 Å². The highest BCUT2D eigenvalue weighted by Gasteiger charge is 2.16. The van der Waals surface area contributed by atoms with E-state index in [0.29, 0.717) is 0 Å². The Kier molecular flexibility index (Phi) is 2.88. The number of carbonyl (C=O) groups excluding carboxylic acids is 1. The van der Waals surface area contributed by atoms with Crippen LogP contribution in [0, 0.1) is 0 Å². The standard InChI is InChI=1S/C13H14N2O3/c16-13(12-6-3-7-17-12)18-9-15-8-14-10-4-1-2-5-11(10)15/h3,6-8H,1-2,4-5,9H2. The number of hydrogen-bond acceptors (Lipinski definition) is 4. The summed E-state index contributed by atoms with van der Waals surface area (Å²) in [5.41, 5.74) is 2.32. The average molecular weight is 246 g/mol. The van der Waals surface area contributed by atoms with Crippen molar-refractivity contribution in [3.8, 4) is 0 Å². The number of aromatic nitrogens is 2. The molecular formula is C13H14N2O3. The Morgan fingerprint density at radius 1 is 1.44 bits per heavy atom. The molecule has 2 aromatic rings. The van der Waals surface area contributed by atoms with E-state index in [2.05, 4.69) is 4.98 Å². The van der Waals surface area contributed by atoms with Gasteiger partial charge in [0.1, 0.15) is 0 Å². The Labute approximate surface area is 104 Å². The van der Waals surface area contributed by atoms with E-state index < -0.39 is 5.97 Å². The van der Waals surface area contributed by atoms with Crippen LogP contribution in [0.15, 0.2) is 29.1 Å². The van der Waals surface area contributed by atoms with Crippen molar-refractivity contribution in [3.05, 3.63) is 41.9 Å². The summed E-state index contributed by atoms with van der Waals surface area (Å²) in [6.07, 6.45) is 7.59. The van der Waals surface area contributed by atoms with Gasteiger partial charge in [0, 0.05) is 5.69 Å². The predicted molar refractivity (Wildman–Crippen MR) is 63.0 cm³/mol. The van der Waals surface area contributed by atoms with Crippen LogP contribution in [-0.2, 0) is 24.3 Å². The summed E-state index contributed by atoms with van der Waals surface area (Å²) in [5, 5.41) is 0. The number of fused-ring (bicyclic) bond motifs is 1. The second-order valence-electron chi connectivity index (χ2n) is 4.35. The van der Waals surface area contributed by atoms with Crippen molar-refractivity contribution in [3.63, 3.8) is 0 Å². The van der Waals surface area contributed by atoms with Gasteiger partial charge in [-0.3, -0.25) is 0 Å². The lowest BCUT2D eigenvalue weighted by molar-refractivity contribution is 0.0331. The lowest BCUT2D eigenvalue weighted by atomic mass is 10.0. The molecule has 1 aliphatic carbocycles. The zero-order valence-electron chi connectivity index (χ0n) is 9.96. The van der Waals surface area contributed by atoms with Gasteiger partial charge in [0.25, 0.3) is 0 Å². The maximum Gasteiger partial charge on any atom is 0.375 e. The number of nitrogens with zero attached hydrogens (tertiary/aromatic N) is 2. The normalized spacial score (nSPS) is 14.2. The topological polar surface area (TPSA) is 57.3 Å². The Morgan fingerprint density at radius 2 is 2.33 bits per heavy atom. The maximum atomic E-state index is 11.6. The van der Waals surface area contributed by atoms with E-state index in [4.69, 9.17) is 9.15 Å². The van der Waals surface area contributed by atoms with E-state index in [1.54, 1.807) is 18.5 Å². The van der Waals surface area contributed by atoms with Crippen molar-refractivity contribution in [1.82, 2.24) is 9.55 Å². The van der Waals surface area contributed by atoms with Gasteiger partial charge in [0.05, 0.1) is 18.3 Å². The highest BCUT2D eigenvalue weighted by Crippen LogP contribution is 2.19. The van der Waals surface area contributed by atoms with E-state index in [1.807, 2.05) is 4.57 Å². The van der Waals surface area contributed by atoms with E-state index in [1.165, 1.54) is 24.8 Å². The predicted octanol–water partition coefficient (Wildman–Crippen LogP) is 2.17. The van der Waals surface area contributed by atoms with Gasteiger partial charge in [-0.2, -0.15) is 0 Å². The molecule has 0 spiro atoms. The average Bonchev–Trinajstić information content (AvgIpc) is 3.06. The molecule has 2 heterocycles. The number of imidazole rings is 1. The first-order valence-corrected chi connectivity index (χ1v) is 6.08. The molecule has 0 N–H and O–H groups in total. The summed E-state index contributed by atoms with van der Waals surface area (Å²) in [6.45, 7) is 0.196. The minimum Gasteiger partial charge on any atom is -0.457 e. The number of aryl methyl sites for hydroxylation is 1. The van der Waals surface area contributed by atoms with Crippen molar-refractivity contribution in [2.24, 2.45) is 0 Å². The number of furan rings is 1. The van der Waals surface area contributed by atoms with Crippen molar-refractivity contribution >= 4 is 5.97 Å². The van der Waals surface area contributed by atoms with Crippen LogP contribution in [0.4, 0.5) is 0 Å². The summed E-state index contributed by atoms with van der Waals surface area (Å²) < 4.78 is 12.1.